The Morgan fingerprint density at radius 2 is 1.50 bits per heavy atom. The SMILES string of the molecule is COC(=O)[C@@H]1OC(c2ccc3cc(OC)ccc3c2)(C(C)I)O[C@H]1C(=O)OC. The minimum Gasteiger partial charge on any atom is -0.497 e. The van der Waals surface area contributed by atoms with E-state index in [4.69, 9.17) is 23.7 Å². The molecular weight excluding hydrogens is 479 g/mol. The number of alkyl halides is 1. The predicted octanol–water partition coefficient (Wildman–Crippen LogP) is 2.95. The fourth-order valence-corrected chi connectivity index (χ4v) is 3.88. The molecule has 1 aliphatic heterocycles. The summed E-state index contributed by atoms with van der Waals surface area (Å²) in [5.41, 5.74) is 0.687. The largest absolute Gasteiger partial charge is 0.497 e. The highest BCUT2D eigenvalue weighted by molar-refractivity contribution is 14.1. The molecule has 8 heteroatoms. The van der Waals surface area contributed by atoms with Crippen LogP contribution in [0.2, 0.25) is 0 Å². The molecule has 7 nitrogen and oxygen atoms in total. The zero-order valence-corrected chi connectivity index (χ0v) is 18.1. The summed E-state index contributed by atoms with van der Waals surface area (Å²) in [6.07, 6.45) is -2.44. The maximum Gasteiger partial charge on any atom is 0.338 e. The van der Waals surface area contributed by atoms with E-state index in [0.717, 1.165) is 16.5 Å². The van der Waals surface area contributed by atoms with Crippen LogP contribution in [-0.4, -0.2) is 49.4 Å². The normalized spacial score (nSPS) is 21.9. The van der Waals surface area contributed by atoms with Gasteiger partial charge in [-0.05, 0) is 35.9 Å². The summed E-state index contributed by atoms with van der Waals surface area (Å²) in [7, 11) is 4.08. The lowest BCUT2D eigenvalue weighted by Crippen LogP contribution is -2.38. The van der Waals surface area contributed by atoms with Gasteiger partial charge in [-0.25, -0.2) is 9.59 Å². The van der Waals surface area contributed by atoms with Crippen LogP contribution in [0.1, 0.15) is 12.5 Å². The lowest BCUT2D eigenvalue weighted by atomic mass is 9.99. The summed E-state index contributed by atoms with van der Waals surface area (Å²) in [6.45, 7) is 1.88. The van der Waals surface area contributed by atoms with Crippen molar-refractivity contribution in [1.82, 2.24) is 0 Å². The zero-order chi connectivity index (χ0) is 20.5. The van der Waals surface area contributed by atoms with Crippen molar-refractivity contribution in [2.75, 3.05) is 21.3 Å². The van der Waals surface area contributed by atoms with E-state index in [1.807, 2.05) is 43.3 Å². The lowest BCUT2D eigenvalue weighted by molar-refractivity contribution is -0.191. The Morgan fingerprint density at radius 3 is 2.00 bits per heavy atom. The Morgan fingerprint density at radius 1 is 0.964 bits per heavy atom. The number of ether oxygens (including phenoxy) is 5. The van der Waals surface area contributed by atoms with Crippen molar-refractivity contribution in [2.45, 2.75) is 28.8 Å². The van der Waals surface area contributed by atoms with Crippen LogP contribution in [0.4, 0.5) is 0 Å². The van der Waals surface area contributed by atoms with E-state index in [9.17, 15) is 9.59 Å². The summed E-state index contributed by atoms with van der Waals surface area (Å²) in [5.74, 6) is -1.95. The smallest absolute Gasteiger partial charge is 0.338 e. The lowest BCUT2D eigenvalue weighted by Gasteiger charge is -2.31. The van der Waals surface area contributed by atoms with E-state index >= 15 is 0 Å². The van der Waals surface area contributed by atoms with Gasteiger partial charge in [-0.15, -0.1) is 0 Å². The maximum atomic E-state index is 12.2. The first kappa shape index (κ1) is 20.8. The van der Waals surface area contributed by atoms with E-state index in [1.54, 1.807) is 7.11 Å². The Bertz CT molecular complexity index is 871. The number of hydrogen-bond acceptors (Lipinski definition) is 7. The van der Waals surface area contributed by atoms with Gasteiger partial charge in [-0.3, -0.25) is 0 Å². The highest BCUT2D eigenvalue weighted by Crippen LogP contribution is 2.45. The summed E-state index contributed by atoms with van der Waals surface area (Å²) >= 11 is 2.15. The molecule has 3 atom stereocenters. The van der Waals surface area contributed by atoms with E-state index in [0.29, 0.717) is 5.56 Å². The van der Waals surface area contributed by atoms with Crippen molar-refractivity contribution in [3.63, 3.8) is 0 Å². The van der Waals surface area contributed by atoms with Crippen LogP contribution < -0.4 is 4.74 Å². The Kier molecular flexibility index (Phi) is 6.11. The number of carbonyl (C=O) groups excluding carboxylic acids is 2. The van der Waals surface area contributed by atoms with Crippen LogP contribution in [0.3, 0.4) is 0 Å². The van der Waals surface area contributed by atoms with Gasteiger partial charge in [0.15, 0.2) is 12.2 Å². The summed E-state index contributed by atoms with van der Waals surface area (Å²) in [5, 5.41) is 1.92. The topological polar surface area (TPSA) is 80.3 Å². The van der Waals surface area contributed by atoms with Crippen molar-refractivity contribution in [2.24, 2.45) is 0 Å². The molecule has 0 bridgehead atoms. The van der Waals surface area contributed by atoms with Crippen LogP contribution >= 0.6 is 22.6 Å². The average Bonchev–Trinajstić information content (AvgIpc) is 3.14. The van der Waals surface area contributed by atoms with Crippen LogP contribution in [-0.2, 0) is 34.3 Å². The molecule has 28 heavy (non-hydrogen) atoms. The number of halogens is 1. The molecule has 2 aromatic rings. The Balaban J connectivity index is 2.08. The molecule has 0 spiro atoms. The van der Waals surface area contributed by atoms with Gasteiger partial charge in [0, 0.05) is 5.56 Å². The number of carbonyl (C=O) groups is 2. The molecule has 150 valence electrons. The fraction of sp³-hybridized carbons (Fsp3) is 0.400. The second-order valence-electron chi connectivity index (χ2n) is 6.33. The van der Waals surface area contributed by atoms with Crippen molar-refractivity contribution in [1.29, 1.82) is 0 Å². The summed E-state index contributed by atoms with van der Waals surface area (Å²) < 4.78 is 26.7. The molecule has 0 radical (unpaired) electrons. The number of benzene rings is 2. The van der Waals surface area contributed by atoms with Gasteiger partial charge in [0.2, 0.25) is 5.79 Å². The minimum absolute atomic E-state index is 0.234. The van der Waals surface area contributed by atoms with Crippen molar-refractivity contribution in [3.05, 3.63) is 42.0 Å². The third-order valence-corrected chi connectivity index (χ3v) is 5.54. The highest BCUT2D eigenvalue weighted by Gasteiger charge is 2.57. The van der Waals surface area contributed by atoms with Crippen molar-refractivity contribution < 1.29 is 33.3 Å². The van der Waals surface area contributed by atoms with Gasteiger partial charge in [0.1, 0.15) is 5.75 Å². The molecule has 0 amide bonds. The molecule has 0 aromatic heterocycles. The zero-order valence-electron chi connectivity index (χ0n) is 15.9. The van der Waals surface area contributed by atoms with E-state index < -0.39 is 29.9 Å². The summed E-state index contributed by atoms with van der Waals surface area (Å²) in [6, 6.07) is 11.4. The third-order valence-electron chi connectivity index (χ3n) is 4.72. The Hall–Kier alpha value is -1.91. The fourth-order valence-electron chi connectivity index (χ4n) is 3.23. The van der Waals surface area contributed by atoms with Crippen LogP contribution in [0, 0.1) is 0 Å². The molecule has 0 saturated carbocycles. The molecule has 0 aliphatic carbocycles. The summed E-state index contributed by atoms with van der Waals surface area (Å²) in [4.78, 5) is 24.4. The van der Waals surface area contributed by atoms with Gasteiger partial charge >= 0.3 is 11.9 Å². The van der Waals surface area contributed by atoms with Crippen LogP contribution in [0.5, 0.6) is 5.75 Å². The number of fused-ring (bicyclic) bond motifs is 1. The minimum atomic E-state index is -1.31. The molecule has 3 rings (SSSR count). The molecule has 1 heterocycles. The van der Waals surface area contributed by atoms with Gasteiger partial charge in [-0.2, -0.15) is 0 Å². The van der Waals surface area contributed by atoms with Crippen LogP contribution in [0.25, 0.3) is 10.8 Å². The predicted molar refractivity (Wildman–Crippen MR) is 109 cm³/mol. The van der Waals surface area contributed by atoms with Gasteiger partial charge in [0.05, 0.1) is 25.3 Å². The highest BCUT2D eigenvalue weighted by atomic mass is 127. The van der Waals surface area contributed by atoms with E-state index in [2.05, 4.69) is 22.6 Å². The molecular formula is C20H21IO7. The number of hydrogen-bond donors (Lipinski definition) is 0. The second-order valence-corrected chi connectivity index (χ2v) is 8.20. The van der Waals surface area contributed by atoms with Crippen LogP contribution in [0.15, 0.2) is 36.4 Å². The van der Waals surface area contributed by atoms with E-state index in [1.165, 1.54) is 14.2 Å². The Labute approximate surface area is 176 Å². The first-order chi connectivity index (χ1) is 13.4. The number of rotatable bonds is 5. The quantitative estimate of drug-likeness (QED) is 0.355. The van der Waals surface area contributed by atoms with Gasteiger partial charge < -0.3 is 23.7 Å². The van der Waals surface area contributed by atoms with Crippen molar-refractivity contribution in [3.8, 4) is 5.75 Å². The second kappa shape index (κ2) is 8.22. The third kappa shape index (κ3) is 3.56. The molecule has 1 saturated heterocycles. The molecule has 1 aliphatic rings. The number of esters is 2. The maximum absolute atomic E-state index is 12.2. The molecule has 1 unspecified atom stereocenters. The first-order valence-corrected chi connectivity index (χ1v) is 9.84. The van der Waals surface area contributed by atoms with Crippen molar-refractivity contribution >= 4 is 45.3 Å². The number of methoxy groups -OCH3 is 3. The standard InChI is InChI=1S/C20H21IO7/c1-11(21)20(27-16(18(22)25-3)17(28-20)19(23)26-4)14-7-5-13-10-15(24-2)8-6-12(13)9-14/h5-11,16-17H,1-4H3/t11?,16-,17-/m1/s1. The molecule has 1 fully saturated rings. The molecule has 0 N–H and O–H groups in total. The van der Waals surface area contributed by atoms with Gasteiger partial charge in [-0.1, -0.05) is 40.8 Å². The first-order valence-electron chi connectivity index (χ1n) is 8.60. The monoisotopic (exact) mass is 500 g/mol. The van der Waals surface area contributed by atoms with E-state index in [-0.39, 0.29) is 3.92 Å². The molecule has 2 aromatic carbocycles. The average molecular weight is 500 g/mol. The van der Waals surface area contributed by atoms with Gasteiger partial charge in [0.25, 0.3) is 0 Å².